The van der Waals surface area contributed by atoms with E-state index in [0.29, 0.717) is 12.6 Å². The quantitative estimate of drug-likeness (QED) is 0.734. The normalized spacial score (nSPS) is 11.2. The van der Waals surface area contributed by atoms with Crippen molar-refractivity contribution in [3.8, 4) is 0 Å². The zero-order valence-corrected chi connectivity index (χ0v) is 11.6. The third-order valence-corrected chi connectivity index (χ3v) is 3.17. The summed E-state index contributed by atoms with van der Waals surface area (Å²) in [5.74, 6) is 0.773. The Bertz CT molecular complexity index is 324. The molecule has 1 aromatic rings. The predicted molar refractivity (Wildman–Crippen MR) is 73.4 cm³/mol. The van der Waals surface area contributed by atoms with E-state index in [9.17, 15) is 0 Å². The second-order valence-corrected chi connectivity index (χ2v) is 4.31. The minimum atomic E-state index is 0.179. The van der Waals surface area contributed by atoms with Gasteiger partial charge in [0.05, 0.1) is 24.7 Å². The topological polar surface area (TPSA) is 61.3 Å². The van der Waals surface area contributed by atoms with Crippen molar-refractivity contribution in [2.24, 2.45) is 0 Å². The van der Waals surface area contributed by atoms with Gasteiger partial charge in [0.15, 0.2) is 0 Å². The van der Waals surface area contributed by atoms with Crippen LogP contribution in [0.4, 0.5) is 5.82 Å². The zero-order chi connectivity index (χ0) is 13.4. The molecule has 102 valence electrons. The fourth-order valence-electron chi connectivity index (χ4n) is 2.10. The monoisotopic (exact) mass is 252 g/mol. The molecule has 0 unspecified atom stereocenters. The van der Waals surface area contributed by atoms with Crippen molar-refractivity contribution in [3.05, 3.63) is 18.1 Å². The van der Waals surface area contributed by atoms with Crippen LogP contribution >= 0.6 is 0 Å². The van der Waals surface area contributed by atoms with E-state index in [1.807, 2.05) is 7.05 Å². The average molecular weight is 252 g/mol. The van der Waals surface area contributed by atoms with Crippen molar-refractivity contribution in [1.29, 1.82) is 0 Å². The zero-order valence-electron chi connectivity index (χ0n) is 11.6. The highest BCUT2D eigenvalue weighted by atomic mass is 16.3. The van der Waals surface area contributed by atoms with Crippen molar-refractivity contribution in [2.75, 3.05) is 25.5 Å². The molecule has 5 nitrogen and oxygen atoms in total. The predicted octanol–water partition coefficient (Wildman–Crippen LogP) is 1.50. The molecule has 0 aromatic carbocycles. The van der Waals surface area contributed by atoms with Gasteiger partial charge in [-0.25, -0.2) is 4.98 Å². The van der Waals surface area contributed by atoms with Crippen LogP contribution in [0.3, 0.4) is 0 Å². The molecular formula is C13H24N4O. The third kappa shape index (κ3) is 4.23. The molecule has 0 saturated carbocycles. The number of aromatic nitrogens is 2. The van der Waals surface area contributed by atoms with E-state index in [2.05, 4.69) is 34.0 Å². The van der Waals surface area contributed by atoms with Crippen molar-refractivity contribution >= 4 is 5.82 Å². The van der Waals surface area contributed by atoms with Crippen LogP contribution in [0.2, 0.25) is 0 Å². The molecule has 5 heteroatoms. The number of nitrogens with zero attached hydrogens (tertiary/aromatic N) is 3. The lowest BCUT2D eigenvalue weighted by molar-refractivity contribution is 0.135. The molecule has 0 aliphatic heterocycles. The van der Waals surface area contributed by atoms with Crippen molar-refractivity contribution < 1.29 is 5.11 Å². The Hall–Kier alpha value is -1.20. The summed E-state index contributed by atoms with van der Waals surface area (Å²) >= 11 is 0. The van der Waals surface area contributed by atoms with Crippen molar-refractivity contribution in [1.82, 2.24) is 14.9 Å². The van der Waals surface area contributed by atoms with E-state index in [-0.39, 0.29) is 6.61 Å². The number of nitrogens with one attached hydrogen (secondary N) is 1. The minimum absolute atomic E-state index is 0.179. The molecule has 0 amide bonds. The van der Waals surface area contributed by atoms with Gasteiger partial charge in [-0.2, -0.15) is 0 Å². The van der Waals surface area contributed by atoms with Crippen LogP contribution in [0.5, 0.6) is 0 Å². The lowest BCUT2D eigenvalue weighted by Crippen LogP contribution is -2.36. The van der Waals surface area contributed by atoms with E-state index in [0.717, 1.165) is 30.9 Å². The molecule has 0 radical (unpaired) electrons. The summed E-state index contributed by atoms with van der Waals surface area (Å²) in [6.45, 7) is 5.95. The lowest BCUT2D eigenvalue weighted by Gasteiger charge is -2.29. The Kier molecular flexibility index (Phi) is 6.60. The molecule has 18 heavy (non-hydrogen) atoms. The van der Waals surface area contributed by atoms with Gasteiger partial charge in [-0.15, -0.1) is 0 Å². The summed E-state index contributed by atoms with van der Waals surface area (Å²) in [5.41, 5.74) is 0.939. The molecule has 0 spiro atoms. The highest BCUT2D eigenvalue weighted by Gasteiger charge is 2.15. The Morgan fingerprint density at radius 2 is 2.00 bits per heavy atom. The van der Waals surface area contributed by atoms with Crippen LogP contribution in [0.15, 0.2) is 12.4 Å². The van der Waals surface area contributed by atoms with E-state index in [4.69, 9.17) is 5.11 Å². The molecule has 0 fully saturated rings. The van der Waals surface area contributed by atoms with Crippen LogP contribution < -0.4 is 5.32 Å². The van der Waals surface area contributed by atoms with Crippen LogP contribution in [0.1, 0.15) is 32.4 Å². The number of hydrogen-bond acceptors (Lipinski definition) is 5. The van der Waals surface area contributed by atoms with Gasteiger partial charge in [0, 0.05) is 26.2 Å². The van der Waals surface area contributed by atoms with Gasteiger partial charge in [-0.3, -0.25) is 9.88 Å². The number of rotatable bonds is 8. The van der Waals surface area contributed by atoms with Gasteiger partial charge in [0.25, 0.3) is 0 Å². The van der Waals surface area contributed by atoms with Gasteiger partial charge >= 0.3 is 0 Å². The fourth-order valence-corrected chi connectivity index (χ4v) is 2.10. The Balaban J connectivity index is 2.69. The summed E-state index contributed by atoms with van der Waals surface area (Å²) < 4.78 is 0. The van der Waals surface area contributed by atoms with Crippen molar-refractivity contribution in [2.45, 2.75) is 39.3 Å². The lowest BCUT2D eigenvalue weighted by atomic mass is 10.1. The van der Waals surface area contributed by atoms with E-state index < -0.39 is 0 Å². The smallest absolute Gasteiger partial charge is 0.144 e. The van der Waals surface area contributed by atoms with E-state index >= 15 is 0 Å². The summed E-state index contributed by atoms with van der Waals surface area (Å²) in [6.07, 6.45) is 5.69. The van der Waals surface area contributed by atoms with Crippen LogP contribution in [-0.2, 0) is 6.54 Å². The summed E-state index contributed by atoms with van der Waals surface area (Å²) in [6, 6.07) is 0.489. The molecule has 1 rings (SSSR count). The second-order valence-electron chi connectivity index (χ2n) is 4.31. The van der Waals surface area contributed by atoms with Crippen LogP contribution in [-0.4, -0.2) is 46.2 Å². The largest absolute Gasteiger partial charge is 0.395 e. The first-order valence-electron chi connectivity index (χ1n) is 6.58. The van der Waals surface area contributed by atoms with Gasteiger partial charge in [-0.1, -0.05) is 13.8 Å². The number of aliphatic hydroxyl groups excluding tert-OH is 1. The number of aliphatic hydroxyl groups is 1. The molecule has 2 N–H and O–H groups in total. The fraction of sp³-hybridized carbons (Fsp3) is 0.692. The Morgan fingerprint density at radius 1 is 1.28 bits per heavy atom. The molecule has 0 aliphatic carbocycles. The number of anilines is 1. The maximum Gasteiger partial charge on any atom is 0.144 e. The van der Waals surface area contributed by atoms with Gasteiger partial charge in [-0.05, 0) is 12.8 Å². The van der Waals surface area contributed by atoms with E-state index in [1.165, 1.54) is 0 Å². The first-order chi connectivity index (χ1) is 8.74. The molecule has 0 aliphatic rings. The Morgan fingerprint density at radius 3 is 2.44 bits per heavy atom. The summed E-state index contributed by atoms with van der Waals surface area (Å²) in [7, 11) is 1.83. The molecule has 1 heterocycles. The van der Waals surface area contributed by atoms with Crippen molar-refractivity contribution in [3.63, 3.8) is 0 Å². The molecule has 0 atom stereocenters. The molecule has 0 bridgehead atoms. The molecular weight excluding hydrogens is 228 g/mol. The SMILES string of the molecule is CCC(CC)N(CCO)Cc1cnc(NC)cn1. The van der Waals surface area contributed by atoms with E-state index in [1.54, 1.807) is 12.4 Å². The highest BCUT2D eigenvalue weighted by molar-refractivity contribution is 5.29. The molecule has 1 aromatic heterocycles. The highest BCUT2D eigenvalue weighted by Crippen LogP contribution is 2.12. The first kappa shape index (κ1) is 14.9. The minimum Gasteiger partial charge on any atom is -0.395 e. The second kappa shape index (κ2) is 8.00. The maximum absolute atomic E-state index is 9.15. The Labute approximate surface area is 109 Å². The van der Waals surface area contributed by atoms with Gasteiger partial charge < -0.3 is 10.4 Å². The maximum atomic E-state index is 9.15. The average Bonchev–Trinajstić information content (AvgIpc) is 2.41. The summed E-state index contributed by atoms with van der Waals surface area (Å²) in [4.78, 5) is 10.9. The van der Waals surface area contributed by atoms with Gasteiger partial charge in [0.2, 0.25) is 0 Å². The molecule has 0 saturated heterocycles. The summed E-state index contributed by atoms with van der Waals surface area (Å²) in [5, 5.41) is 12.1. The van der Waals surface area contributed by atoms with Gasteiger partial charge in [0.1, 0.15) is 5.82 Å². The number of hydrogen-bond donors (Lipinski definition) is 2. The first-order valence-corrected chi connectivity index (χ1v) is 6.58. The van der Waals surface area contributed by atoms with Crippen LogP contribution in [0.25, 0.3) is 0 Å². The standard InChI is InChI=1S/C13H24N4O/c1-4-12(5-2)17(6-7-18)10-11-8-16-13(14-3)9-15-11/h8-9,12,18H,4-7,10H2,1-3H3,(H,14,16). The van der Waals surface area contributed by atoms with Crippen LogP contribution in [0, 0.1) is 0 Å². The third-order valence-electron chi connectivity index (χ3n) is 3.17.